The van der Waals surface area contributed by atoms with Crippen LogP contribution in [-0.2, 0) is 4.79 Å². The van der Waals surface area contributed by atoms with E-state index in [1.165, 1.54) is 13.0 Å². The summed E-state index contributed by atoms with van der Waals surface area (Å²) >= 11 is 0. The second-order valence-electron chi connectivity index (χ2n) is 3.01. The lowest BCUT2D eigenvalue weighted by atomic mass is 10.1. The van der Waals surface area contributed by atoms with E-state index in [1.54, 1.807) is 12.1 Å². The van der Waals surface area contributed by atoms with E-state index in [1.807, 2.05) is 19.1 Å². The van der Waals surface area contributed by atoms with Gasteiger partial charge in [-0.05, 0) is 13.8 Å². The maximum Gasteiger partial charge on any atom is 0.156 e. The number of hydrogen-bond donors (Lipinski definition) is 1. The van der Waals surface area contributed by atoms with Crippen molar-refractivity contribution in [3.63, 3.8) is 0 Å². The molecule has 0 fully saturated rings. The van der Waals surface area contributed by atoms with E-state index >= 15 is 0 Å². The van der Waals surface area contributed by atoms with Crippen molar-refractivity contribution in [1.29, 1.82) is 0 Å². The molecule has 1 aromatic rings. The molecule has 0 aliphatic rings. The van der Waals surface area contributed by atoms with Crippen molar-refractivity contribution < 1.29 is 9.90 Å². The first-order valence-corrected chi connectivity index (χ1v) is 4.08. The van der Waals surface area contributed by atoms with E-state index in [4.69, 9.17) is 0 Å². The summed E-state index contributed by atoms with van der Waals surface area (Å²) in [6.45, 7) is 3.37. The Bertz CT molecular complexity index is 334. The van der Waals surface area contributed by atoms with Gasteiger partial charge in [0.2, 0.25) is 0 Å². The average molecular weight is 176 g/mol. The Hall–Kier alpha value is -1.57. The molecule has 68 valence electrons. The van der Waals surface area contributed by atoms with Gasteiger partial charge < -0.3 is 5.11 Å². The van der Waals surface area contributed by atoms with Crippen molar-refractivity contribution >= 4 is 11.5 Å². The molecule has 0 saturated carbocycles. The fraction of sp³-hybridized carbons (Fsp3) is 0.182. The molecule has 0 heterocycles. The summed E-state index contributed by atoms with van der Waals surface area (Å²) in [6.07, 6.45) is 1.21. The van der Waals surface area contributed by atoms with Gasteiger partial charge >= 0.3 is 0 Å². The highest BCUT2D eigenvalue weighted by atomic mass is 16.3. The highest BCUT2D eigenvalue weighted by Crippen LogP contribution is 2.11. The summed E-state index contributed by atoms with van der Waals surface area (Å²) in [5.74, 6) is -0.134. The number of aryl methyl sites for hydroxylation is 1. The lowest BCUT2D eigenvalue weighted by Gasteiger charge is -1.99. The predicted octanol–water partition coefficient (Wildman–Crippen LogP) is 2.48. The average Bonchev–Trinajstić information content (AvgIpc) is 2.04. The second-order valence-corrected chi connectivity index (χ2v) is 3.01. The van der Waals surface area contributed by atoms with Crippen molar-refractivity contribution in [2.75, 3.05) is 0 Å². The van der Waals surface area contributed by atoms with Crippen LogP contribution in [0, 0.1) is 6.92 Å². The number of carbonyl (C=O) groups is 1. The third-order valence-electron chi connectivity index (χ3n) is 1.69. The molecule has 2 nitrogen and oxygen atoms in total. The third kappa shape index (κ3) is 2.75. The van der Waals surface area contributed by atoms with E-state index in [9.17, 15) is 9.90 Å². The molecule has 1 rings (SSSR count). The normalized spacial score (nSPS) is 11.4. The van der Waals surface area contributed by atoms with Crippen LogP contribution < -0.4 is 0 Å². The van der Waals surface area contributed by atoms with Crippen molar-refractivity contribution in [1.82, 2.24) is 0 Å². The van der Waals surface area contributed by atoms with Crippen LogP contribution in [0.2, 0.25) is 0 Å². The van der Waals surface area contributed by atoms with E-state index < -0.39 is 0 Å². The molecule has 0 bridgehead atoms. The molecule has 0 amide bonds. The molecule has 0 aliphatic carbocycles. The van der Waals surface area contributed by atoms with Gasteiger partial charge in [0.15, 0.2) is 5.78 Å². The summed E-state index contributed by atoms with van der Waals surface area (Å²) in [6, 6.07) is 7.34. The first-order valence-electron chi connectivity index (χ1n) is 4.08. The zero-order valence-electron chi connectivity index (χ0n) is 7.74. The van der Waals surface area contributed by atoms with Crippen LogP contribution in [0.15, 0.2) is 30.3 Å². The zero-order valence-corrected chi connectivity index (χ0v) is 7.74. The molecule has 0 spiro atoms. The van der Waals surface area contributed by atoms with Gasteiger partial charge in [0.1, 0.15) is 5.76 Å². The fourth-order valence-electron chi connectivity index (χ4n) is 1.00. The number of ketones is 1. The summed E-state index contributed by atoms with van der Waals surface area (Å²) in [7, 11) is 0. The van der Waals surface area contributed by atoms with Gasteiger partial charge in [0.25, 0.3) is 0 Å². The summed E-state index contributed by atoms with van der Waals surface area (Å²) in [4.78, 5) is 10.7. The molecular weight excluding hydrogens is 164 g/mol. The van der Waals surface area contributed by atoms with Gasteiger partial charge in [-0.2, -0.15) is 0 Å². The van der Waals surface area contributed by atoms with Crippen LogP contribution in [0.5, 0.6) is 0 Å². The Kier molecular flexibility index (Phi) is 2.85. The molecule has 1 aromatic carbocycles. The number of aliphatic hydroxyl groups is 1. The molecular formula is C11H12O2. The number of allylic oxidation sites excluding steroid dienone is 1. The Morgan fingerprint density at radius 1 is 1.31 bits per heavy atom. The minimum absolute atomic E-state index is 0.0208. The Morgan fingerprint density at radius 2 is 1.85 bits per heavy atom. The van der Waals surface area contributed by atoms with Crippen LogP contribution in [-0.4, -0.2) is 10.9 Å². The van der Waals surface area contributed by atoms with Gasteiger partial charge in [-0.25, -0.2) is 0 Å². The minimum atomic E-state index is -0.155. The minimum Gasteiger partial charge on any atom is -0.507 e. The van der Waals surface area contributed by atoms with E-state index in [2.05, 4.69) is 0 Å². The van der Waals surface area contributed by atoms with Gasteiger partial charge in [-0.15, -0.1) is 0 Å². The van der Waals surface area contributed by atoms with Crippen LogP contribution >= 0.6 is 0 Å². The molecule has 0 saturated heterocycles. The molecule has 13 heavy (non-hydrogen) atoms. The molecule has 0 unspecified atom stereocenters. The summed E-state index contributed by atoms with van der Waals surface area (Å²) in [5, 5.41) is 9.42. The lowest BCUT2D eigenvalue weighted by molar-refractivity contribution is -0.112. The van der Waals surface area contributed by atoms with Gasteiger partial charge in [-0.3, -0.25) is 4.79 Å². The highest BCUT2D eigenvalue weighted by molar-refractivity contribution is 5.93. The molecule has 2 heteroatoms. The molecule has 1 N–H and O–H groups in total. The number of hydrogen-bond acceptors (Lipinski definition) is 2. The largest absolute Gasteiger partial charge is 0.507 e. The second kappa shape index (κ2) is 3.90. The first-order chi connectivity index (χ1) is 6.09. The molecule has 0 atom stereocenters. The zero-order chi connectivity index (χ0) is 9.84. The Balaban J connectivity index is 2.96. The van der Waals surface area contributed by atoms with Gasteiger partial charge in [-0.1, -0.05) is 29.8 Å². The third-order valence-corrected chi connectivity index (χ3v) is 1.69. The Morgan fingerprint density at radius 3 is 2.31 bits per heavy atom. The smallest absolute Gasteiger partial charge is 0.156 e. The molecule has 0 aromatic heterocycles. The molecule has 0 aliphatic heterocycles. The standard InChI is InChI=1S/C11H12O2/c1-8-3-5-10(6-4-8)11(13)7-9(2)12/h3-7,13H,1-2H3/b11-7+. The summed E-state index contributed by atoms with van der Waals surface area (Å²) < 4.78 is 0. The lowest BCUT2D eigenvalue weighted by Crippen LogP contribution is -1.88. The molecule has 0 radical (unpaired) electrons. The van der Waals surface area contributed by atoms with E-state index in [0.717, 1.165) is 5.56 Å². The maximum atomic E-state index is 10.7. The van der Waals surface area contributed by atoms with Crippen LogP contribution in [0.3, 0.4) is 0 Å². The van der Waals surface area contributed by atoms with Crippen molar-refractivity contribution in [2.45, 2.75) is 13.8 Å². The quantitative estimate of drug-likeness (QED) is 0.555. The summed E-state index contributed by atoms with van der Waals surface area (Å²) in [5.41, 5.74) is 1.79. The SMILES string of the molecule is CC(=O)/C=C(/O)c1ccc(C)cc1. The van der Waals surface area contributed by atoms with Gasteiger partial charge in [0.05, 0.1) is 0 Å². The predicted molar refractivity (Wildman–Crippen MR) is 52.5 cm³/mol. The number of rotatable bonds is 2. The van der Waals surface area contributed by atoms with Gasteiger partial charge in [0, 0.05) is 11.6 Å². The van der Waals surface area contributed by atoms with Crippen LogP contribution in [0.4, 0.5) is 0 Å². The van der Waals surface area contributed by atoms with Crippen LogP contribution in [0.25, 0.3) is 5.76 Å². The number of aliphatic hydroxyl groups excluding tert-OH is 1. The van der Waals surface area contributed by atoms with E-state index in [-0.39, 0.29) is 11.5 Å². The maximum absolute atomic E-state index is 10.7. The topological polar surface area (TPSA) is 37.3 Å². The number of benzene rings is 1. The van der Waals surface area contributed by atoms with Crippen molar-refractivity contribution in [2.24, 2.45) is 0 Å². The Labute approximate surface area is 77.5 Å². The highest BCUT2D eigenvalue weighted by Gasteiger charge is 1.98. The monoisotopic (exact) mass is 176 g/mol. The fourth-order valence-corrected chi connectivity index (χ4v) is 1.00. The van der Waals surface area contributed by atoms with Crippen molar-refractivity contribution in [3.05, 3.63) is 41.5 Å². The van der Waals surface area contributed by atoms with Crippen LogP contribution in [0.1, 0.15) is 18.1 Å². The van der Waals surface area contributed by atoms with E-state index in [0.29, 0.717) is 5.56 Å². The van der Waals surface area contributed by atoms with Crippen molar-refractivity contribution in [3.8, 4) is 0 Å². The number of carbonyl (C=O) groups excluding carboxylic acids is 1. The first kappa shape index (κ1) is 9.52.